The molecule has 0 aliphatic carbocycles. The third-order valence-corrected chi connectivity index (χ3v) is 3.01. The van der Waals surface area contributed by atoms with Gasteiger partial charge in [-0.25, -0.2) is 0 Å². The molecule has 5 heteroatoms. The number of terminal acetylenes is 1. The van der Waals surface area contributed by atoms with Gasteiger partial charge in [-0.05, 0) is 36.6 Å². The summed E-state index contributed by atoms with van der Waals surface area (Å²) in [5, 5.41) is 3.15. The number of nitrogens with one attached hydrogen (secondary N) is 1. The van der Waals surface area contributed by atoms with Crippen LogP contribution >= 0.6 is 11.6 Å². The van der Waals surface area contributed by atoms with Crippen LogP contribution in [0.1, 0.15) is 18.9 Å². The summed E-state index contributed by atoms with van der Waals surface area (Å²) in [6, 6.07) is 5.31. The van der Waals surface area contributed by atoms with Crippen molar-refractivity contribution in [3.8, 4) is 18.1 Å². The molecule has 0 saturated heterocycles. The number of ether oxygens (including phenoxy) is 1. The highest BCUT2D eigenvalue weighted by Crippen LogP contribution is 2.24. The van der Waals surface area contributed by atoms with E-state index in [0.29, 0.717) is 17.2 Å². The predicted octanol–water partition coefficient (Wildman–Crippen LogP) is 1.75. The zero-order valence-corrected chi connectivity index (χ0v) is 12.2. The monoisotopic (exact) mass is 294 g/mol. The first kappa shape index (κ1) is 16.4. The van der Waals surface area contributed by atoms with E-state index in [1.807, 2.05) is 13.0 Å². The second-order valence-corrected chi connectivity index (χ2v) is 4.83. The largest absolute Gasteiger partial charge is 0.483 e. The van der Waals surface area contributed by atoms with Crippen molar-refractivity contribution in [2.75, 3.05) is 13.2 Å². The van der Waals surface area contributed by atoms with Crippen LogP contribution in [0.2, 0.25) is 5.02 Å². The Balaban J connectivity index is 2.69. The maximum atomic E-state index is 11.4. The van der Waals surface area contributed by atoms with Gasteiger partial charge in [0.1, 0.15) is 5.75 Å². The third kappa shape index (κ3) is 5.52. The van der Waals surface area contributed by atoms with Gasteiger partial charge in [0.25, 0.3) is 5.91 Å². The molecule has 1 atom stereocenters. The van der Waals surface area contributed by atoms with Crippen molar-refractivity contribution in [1.82, 2.24) is 5.32 Å². The number of hydrogen-bond acceptors (Lipinski definition) is 3. The van der Waals surface area contributed by atoms with Crippen LogP contribution in [0.4, 0.5) is 0 Å². The molecule has 0 bridgehead atoms. The highest BCUT2D eigenvalue weighted by Gasteiger charge is 2.10. The Morgan fingerprint density at radius 2 is 2.35 bits per heavy atom. The Morgan fingerprint density at radius 3 is 3.00 bits per heavy atom. The van der Waals surface area contributed by atoms with E-state index in [4.69, 9.17) is 28.5 Å². The van der Waals surface area contributed by atoms with Gasteiger partial charge in [0.15, 0.2) is 6.61 Å². The van der Waals surface area contributed by atoms with Gasteiger partial charge in [-0.1, -0.05) is 24.4 Å². The molecular weight excluding hydrogens is 276 g/mol. The third-order valence-electron chi connectivity index (χ3n) is 2.78. The SMILES string of the molecule is C#CCNC(=O)COc1ccc(Cl)cc1CC(N)CC. The number of benzene rings is 1. The lowest BCUT2D eigenvalue weighted by Crippen LogP contribution is -2.29. The summed E-state index contributed by atoms with van der Waals surface area (Å²) in [6.45, 7) is 2.12. The van der Waals surface area contributed by atoms with E-state index in [1.54, 1.807) is 12.1 Å². The molecule has 1 rings (SSSR count). The molecular formula is C15H19ClN2O2. The molecule has 20 heavy (non-hydrogen) atoms. The van der Waals surface area contributed by atoms with E-state index in [1.165, 1.54) is 0 Å². The number of amides is 1. The fourth-order valence-corrected chi connectivity index (χ4v) is 1.81. The minimum atomic E-state index is -0.261. The van der Waals surface area contributed by atoms with Crippen molar-refractivity contribution in [3.63, 3.8) is 0 Å². The molecule has 0 heterocycles. The lowest BCUT2D eigenvalue weighted by Gasteiger charge is -2.14. The average molecular weight is 295 g/mol. The lowest BCUT2D eigenvalue weighted by atomic mass is 10.0. The molecule has 0 spiro atoms. The summed E-state index contributed by atoms with van der Waals surface area (Å²) in [4.78, 5) is 11.4. The van der Waals surface area contributed by atoms with E-state index in [2.05, 4.69) is 11.2 Å². The molecule has 1 amide bonds. The van der Waals surface area contributed by atoms with E-state index >= 15 is 0 Å². The fraction of sp³-hybridized carbons (Fsp3) is 0.400. The zero-order valence-electron chi connectivity index (χ0n) is 11.5. The first-order chi connectivity index (χ1) is 9.56. The number of halogens is 1. The van der Waals surface area contributed by atoms with Crippen molar-refractivity contribution in [2.45, 2.75) is 25.8 Å². The Hall–Kier alpha value is -1.70. The van der Waals surface area contributed by atoms with Crippen LogP contribution in [0.25, 0.3) is 0 Å². The molecule has 1 unspecified atom stereocenters. The highest BCUT2D eigenvalue weighted by atomic mass is 35.5. The van der Waals surface area contributed by atoms with Gasteiger partial charge >= 0.3 is 0 Å². The van der Waals surface area contributed by atoms with Crippen molar-refractivity contribution in [3.05, 3.63) is 28.8 Å². The summed E-state index contributed by atoms with van der Waals surface area (Å²) < 4.78 is 5.50. The molecule has 0 saturated carbocycles. The van der Waals surface area contributed by atoms with Crippen LogP contribution in [0.3, 0.4) is 0 Å². The summed E-state index contributed by atoms with van der Waals surface area (Å²) in [5.74, 6) is 2.69. The number of hydrogen-bond donors (Lipinski definition) is 2. The van der Waals surface area contributed by atoms with Gasteiger partial charge in [-0.15, -0.1) is 6.42 Å². The summed E-state index contributed by atoms with van der Waals surface area (Å²) in [6.07, 6.45) is 6.57. The van der Waals surface area contributed by atoms with Crippen LogP contribution in [0.5, 0.6) is 5.75 Å². The average Bonchev–Trinajstić information content (AvgIpc) is 2.44. The number of rotatable bonds is 7. The summed E-state index contributed by atoms with van der Waals surface area (Å²) in [5.41, 5.74) is 6.85. The minimum Gasteiger partial charge on any atom is -0.483 e. The van der Waals surface area contributed by atoms with Crippen LogP contribution in [-0.4, -0.2) is 25.1 Å². The van der Waals surface area contributed by atoms with Crippen LogP contribution < -0.4 is 15.8 Å². The maximum absolute atomic E-state index is 11.4. The fourth-order valence-electron chi connectivity index (χ4n) is 1.62. The predicted molar refractivity (Wildman–Crippen MR) is 80.8 cm³/mol. The molecule has 1 aromatic rings. The molecule has 0 fully saturated rings. The molecule has 4 nitrogen and oxygen atoms in total. The smallest absolute Gasteiger partial charge is 0.258 e. The topological polar surface area (TPSA) is 64.3 Å². The minimum absolute atomic E-state index is 0.0334. The standard InChI is InChI=1S/C15H19ClN2O2/c1-3-7-18-15(19)10-20-14-6-5-12(16)8-11(14)9-13(17)4-2/h1,5-6,8,13H,4,7,9-10,17H2,2H3,(H,18,19). The maximum Gasteiger partial charge on any atom is 0.258 e. The second-order valence-electron chi connectivity index (χ2n) is 4.39. The van der Waals surface area contributed by atoms with Crippen LogP contribution in [0, 0.1) is 12.3 Å². The molecule has 0 aliphatic rings. The van der Waals surface area contributed by atoms with Crippen molar-refractivity contribution in [2.24, 2.45) is 5.73 Å². The Kier molecular flexibility index (Phi) is 6.92. The Morgan fingerprint density at radius 1 is 1.60 bits per heavy atom. The van der Waals surface area contributed by atoms with Gasteiger partial charge in [-0.3, -0.25) is 4.79 Å². The molecule has 1 aromatic carbocycles. The van der Waals surface area contributed by atoms with Gasteiger partial charge in [0, 0.05) is 11.1 Å². The first-order valence-corrected chi connectivity index (χ1v) is 6.81. The Bertz CT molecular complexity index is 497. The van der Waals surface area contributed by atoms with E-state index < -0.39 is 0 Å². The van der Waals surface area contributed by atoms with Crippen LogP contribution in [-0.2, 0) is 11.2 Å². The van der Waals surface area contributed by atoms with Gasteiger partial charge < -0.3 is 15.8 Å². The molecule has 0 radical (unpaired) electrons. The molecule has 108 valence electrons. The molecule has 0 aliphatic heterocycles. The second kappa shape index (κ2) is 8.47. The number of carbonyl (C=O) groups excluding carboxylic acids is 1. The van der Waals surface area contributed by atoms with Crippen molar-refractivity contribution >= 4 is 17.5 Å². The normalized spacial score (nSPS) is 11.5. The Labute approximate surface area is 124 Å². The molecule has 3 N–H and O–H groups in total. The first-order valence-electron chi connectivity index (χ1n) is 6.43. The van der Waals surface area contributed by atoms with E-state index in [9.17, 15) is 4.79 Å². The van der Waals surface area contributed by atoms with Crippen molar-refractivity contribution < 1.29 is 9.53 Å². The lowest BCUT2D eigenvalue weighted by molar-refractivity contribution is -0.122. The van der Waals surface area contributed by atoms with E-state index in [-0.39, 0.29) is 25.1 Å². The quantitative estimate of drug-likeness (QED) is 0.753. The van der Waals surface area contributed by atoms with Gasteiger partial charge in [-0.2, -0.15) is 0 Å². The molecule has 0 aromatic heterocycles. The van der Waals surface area contributed by atoms with Crippen molar-refractivity contribution in [1.29, 1.82) is 0 Å². The van der Waals surface area contributed by atoms with E-state index in [0.717, 1.165) is 12.0 Å². The summed E-state index contributed by atoms with van der Waals surface area (Å²) in [7, 11) is 0. The number of carbonyl (C=O) groups is 1. The highest BCUT2D eigenvalue weighted by molar-refractivity contribution is 6.30. The summed E-state index contributed by atoms with van der Waals surface area (Å²) >= 11 is 5.98. The van der Waals surface area contributed by atoms with Crippen LogP contribution in [0.15, 0.2) is 18.2 Å². The van der Waals surface area contributed by atoms with Gasteiger partial charge in [0.05, 0.1) is 6.54 Å². The number of nitrogens with two attached hydrogens (primary N) is 1. The van der Waals surface area contributed by atoms with Gasteiger partial charge in [0.2, 0.25) is 0 Å². The zero-order chi connectivity index (χ0) is 15.0.